The number of nitrogens with one attached hydrogen (secondary N) is 1. The van der Waals surface area contributed by atoms with Gasteiger partial charge in [0.1, 0.15) is 11.4 Å². The lowest BCUT2D eigenvalue weighted by Gasteiger charge is -2.41. The van der Waals surface area contributed by atoms with E-state index in [4.69, 9.17) is 14.5 Å². The van der Waals surface area contributed by atoms with E-state index in [9.17, 15) is 9.90 Å². The average Bonchev–Trinajstić information content (AvgIpc) is 3.39. The van der Waals surface area contributed by atoms with E-state index in [1.807, 2.05) is 51.9 Å². The molecule has 0 radical (unpaired) electrons. The maximum absolute atomic E-state index is 14.2. The van der Waals surface area contributed by atoms with Crippen molar-refractivity contribution in [3.8, 4) is 17.0 Å². The van der Waals surface area contributed by atoms with Gasteiger partial charge in [0.05, 0.1) is 31.8 Å². The van der Waals surface area contributed by atoms with Gasteiger partial charge in [-0.1, -0.05) is 55.3 Å². The van der Waals surface area contributed by atoms with Crippen LogP contribution in [0.2, 0.25) is 0 Å². The lowest BCUT2D eigenvalue weighted by molar-refractivity contribution is -0.0893. The molecule has 0 spiro atoms. The van der Waals surface area contributed by atoms with Gasteiger partial charge in [0.15, 0.2) is 5.69 Å². The molecule has 2 aliphatic rings. The van der Waals surface area contributed by atoms with E-state index in [1.54, 1.807) is 20.5 Å². The lowest BCUT2D eigenvalue weighted by Crippen LogP contribution is -2.54. The minimum Gasteiger partial charge on any atom is -0.497 e. The van der Waals surface area contributed by atoms with Gasteiger partial charge in [-0.05, 0) is 37.0 Å². The van der Waals surface area contributed by atoms with E-state index in [0.29, 0.717) is 18.7 Å². The molecule has 1 saturated heterocycles. The summed E-state index contributed by atoms with van der Waals surface area (Å²) in [4.78, 5) is 20.9. The minimum atomic E-state index is -1.01. The third-order valence-corrected chi connectivity index (χ3v) is 7.97. The highest BCUT2D eigenvalue weighted by atomic mass is 16.5. The molecule has 1 amide bonds. The number of rotatable bonds is 8. The van der Waals surface area contributed by atoms with Crippen LogP contribution in [0.5, 0.6) is 5.75 Å². The number of benzene rings is 2. The van der Waals surface area contributed by atoms with Crippen molar-refractivity contribution in [2.45, 2.75) is 49.8 Å². The van der Waals surface area contributed by atoms with Crippen LogP contribution in [0.25, 0.3) is 11.3 Å². The van der Waals surface area contributed by atoms with Crippen molar-refractivity contribution in [3.05, 3.63) is 72.2 Å². The first kappa shape index (κ1) is 26.4. The van der Waals surface area contributed by atoms with Crippen LogP contribution < -0.4 is 10.1 Å². The van der Waals surface area contributed by atoms with E-state index in [0.717, 1.165) is 61.3 Å². The van der Waals surface area contributed by atoms with E-state index < -0.39 is 5.60 Å². The summed E-state index contributed by atoms with van der Waals surface area (Å²) < 4.78 is 12.8. The van der Waals surface area contributed by atoms with Crippen LogP contribution in [0.15, 0.2) is 60.9 Å². The number of methoxy groups -OCH3 is 2. The fourth-order valence-corrected chi connectivity index (χ4v) is 6.04. The summed E-state index contributed by atoms with van der Waals surface area (Å²) in [5, 5.41) is 15.1. The number of aliphatic hydroxyl groups is 1. The average molecular weight is 519 g/mol. The molecule has 3 aromatic rings. The molecule has 2 N–H and O–H groups in total. The fourth-order valence-electron chi connectivity index (χ4n) is 6.04. The standard InChI is InChI=1S/C30H38N4O4/c1-37-20-30(36)15-7-6-10-26(30)34-21-32-27(28(34)23-8-4-3-5-9-23)29(35)33-17-16-31-19-24(33)18-22-11-13-25(38-2)14-12-22/h3-5,8-9,11-14,21,24,26,31,36H,6-7,10,15-20H2,1-2H3/t24-,26-,30-/m1/s1. The van der Waals surface area contributed by atoms with Gasteiger partial charge in [-0.2, -0.15) is 0 Å². The Bertz CT molecular complexity index is 1210. The number of ether oxygens (including phenoxy) is 2. The minimum absolute atomic E-state index is 0.00137. The number of carbonyl (C=O) groups is 1. The molecule has 1 aliphatic carbocycles. The van der Waals surface area contributed by atoms with Crippen LogP contribution in [0, 0.1) is 0 Å². The Kier molecular flexibility index (Phi) is 8.12. The number of nitrogens with zero attached hydrogens (tertiary/aromatic N) is 3. The molecule has 1 aliphatic heterocycles. The van der Waals surface area contributed by atoms with Gasteiger partial charge < -0.3 is 29.4 Å². The van der Waals surface area contributed by atoms with Gasteiger partial charge in [-0.3, -0.25) is 4.79 Å². The number of amides is 1. The zero-order valence-corrected chi connectivity index (χ0v) is 22.3. The molecule has 1 aromatic heterocycles. The topological polar surface area (TPSA) is 88.8 Å². The Morgan fingerprint density at radius 2 is 1.92 bits per heavy atom. The second-order valence-electron chi connectivity index (χ2n) is 10.4. The number of aromatic nitrogens is 2. The Morgan fingerprint density at radius 1 is 1.13 bits per heavy atom. The highest BCUT2D eigenvalue weighted by Crippen LogP contribution is 2.41. The van der Waals surface area contributed by atoms with Gasteiger partial charge in [-0.15, -0.1) is 0 Å². The van der Waals surface area contributed by atoms with E-state index in [1.165, 1.54) is 0 Å². The quantitative estimate of drug-likeness (QED) is 0.473. The third kappa shape index (κ3) is 5.34. The van der Waals surface area contributed by atoms with Crippen LogP contribution in [0.3, 0.4) is 0 Å². The predicted octanol–water partition coefficient (Wildman–Crippen LogP) is 3.71. The van der Waals surface area contributed by atoms with Crippen molar-refractivity contribution in [1.82, 2.24) is 19.8 Å². The molecular formula is C30H38N4O4. The monoisotopic (exact) mass is 518 g/mol. The van der Waals surface area contributed by atoms with Gasteiger partial charge in [-0.25, -0.2) is 4.98 Å². The van der Waals surface area contributed by atoms with Gasteiger partial charge in [0.2, 0.25) is 0 Å². The van der Waals surface area contributed by atoms with Crippen molar-refractivity contribution < 1.29 is 19.4 Å². The van der Waals surface area contributed by atoms with Gasteiger partial charge in [0, 0.05) is 38.3 Å². The molecule has 2 fully saturated rings. The number of hydrogen-bond acceptors (Lipinski definition) is 6. The SMILES string of the molecule is COC[C@]1(O)CCCC[C@H]1n1cnc(C(=O)N2CCNC[C@H]2Cc2ccc(OC)cc2)c1-c1ccccc1. The Balaban J connectivity index is 1.50. The van der Waals surface area contributed by atoms with Gasteiger partial charge >= 0.3 is 0 Å². The molecular weight excluding hydrogens is 480 g/mol. The number of imidazole rings is 1. The zero-order chi connectivity index (χ0) is 26.5. The molecule has 2 heterocycles. The summed E-state index contributed by atoms with van der Waals surface area (Å²) in [7, 11) is 3.28. The Hall–Kier alpha value is -3.20. The lowest BCUT2D eigenvalue weighted by atomic mass is 9.80. The summed E-state index contributed by atoms with van der Waals surface area (Å²) in [6.07, 6.45) is 5.90. The first-order chi connectivity index (χ1) is 18.5. The fraction of sp³-hybridized carbons (Fsp3) is 0.467. The second kappa shape index (κ2) is 11.7. The summed E-state index contributed by atoms with van der Waals surface area (Å²) in [6, 6.07) is 17.7. The van der Waals surface area contributed by atoms with Gasteiger partial charge in [0.25, 0.3) is 5.91 Å². The van der Waals surface area contributed by atoms with Crippen molar-refractivity contribution in [2.75, 3.05) is 40.5 Å². The van der Waals surface area contributed by atoms with Crippen molar-refractivity contribution >= 4 is 5.91 Å². The molecule has 8 nitrogen and oxygen atoms in total. The summed E-state index contributed by atoms with van der Waals surface area (Å²) >= 11 is 0. The first-order valence-electron chi connectivity index (χ1n) is 13.5. The smallest absolute Gasteiger partial charge is 0.275 e. The summed E-state index contributed by atoms with van der Waals surface area (Å²) in [5.41, 5.74) is 2.25. The van der Waals surface area contributed by atoms with E-state index in [-0.39, 0.29) is 24.6 Å². The van der Waals surface area contributed by atoms with Crippen LogP contribution in [-0.2, 0) is 11.2 Å². The molecule has 202 valence electrons. The molecule has 5 rings (SSSR count). The second-order valence-corrected chi connectivity index (χ2v) is 10.4. The van der Waals surface area contributed by atoms with Crippen molar-refractivity contribution in [1.29, 1.82) is 0 Å². The summed E-state index contributed by atoms with van der Waals surface area (Å²) in [6.45, 7) is 2.31. The van der Waals surface area contributed by atoms with Crippen molar-refractivity contribution in [3.63, 3.8) is 0 Å². The first-order valence-corrected chi connectivity index (χ1v) is 13.5. The van der Waals surface area contributed by atoms with E-state index >= 15 is 0 Å². The highest BCUT2D eigenvalue weighted by molar-refractivity contribution is 5.98. The molecule has 0 bridgehead atoms. The molecule has 3 atom stereocenters. The normalized spacial score (nSPS) is 23.8. The Morgan fingerprint density at radius 3 is 2.66 bits per heavy atom. The maximum atomic E-state index is 14.2. The summed E-state index contributed by atoms with van der Waals surface area (Å²) in [5.74, 6) is 0.742. The molecule has 8 heteroatoms. The van der Waals surface area contributed by atoms with Crippen LogP contribution in [-0.4, -0.2) is 77.6 Å². The molecule has 2 aromatic carbocycles. The number of piperazine rings is 1. The predicted molar refractivity (Wildman–Crippen MR) is 146 cm³/mol. The largest absolute Gasteiger partial charge is 0.497 e. The zero-order valence-electron chi connectivity index (χ0n) is 22.3. The maximum Gasteiger partial charge on any atom is 0.275 e. The van der Waals surface area contributed by atoms with Crippen LogP contribution in [0.1, 0.15) is 47.8 Å². The molecule has 38 heavy (non-hydrogen) atoms. The highest BCUT2D eigenvalue weighted by Gasteiger charge is 2.42. The number of carbonyl (C=O) groups excluding carboxylic acids is 1. The van der Waals surface area contributed by atoms with Crippen molar-refractivity contribution in [2.24, 2.45) is 0 Å². The Labute approximate surface area is 224 Å². The molecule has 0 unspecified atom stereocenters. The number of hydrogen-bond donors (Lipinski definition) is 2. The van der Waals surface area contributed by atoms with Crippen LogP contribution >= 0.6 is 0 Å². The molecule has 1 saturated carbocycles. The third-order valence-electron chi connectivity index (χ3n) is 7.97. The van der Waals surface area contributed by atoms with Crippen LogP contribution in [0.4, 0.5) is 0 Å². The van der Waals surface area contributed by atoms with E-state index in [2.05, 4.69) is 17.4 Å².